The van der Waals surface area contributed by atoms with E-state index in [0.717, 1.165) is 19.4 Å². The van der Waals surface area contributed by atoms with Gasteiger partial charge >= 0.3 is 0 Å². The van der Waals surface area contributed by atoms with Gasteiger partial charge in [-0.05, 0) is 45.9 Å². The molecule has 0 aromatic heterocycles. The molecule has 6 heteroatoms. The van der Waals surface area contributed by atoms with Gasteiger partial charge in [0.05, 0.1) is 5.69 Å². The summed E-state index contributed by atoms with van der Waals surface area (Å²) < 4.78 is 27.4. The lowest BCUT2D eigenvalue weighted by Crippen LogP contribution is -2.31. The Balaban J connectivity index is 2.03. The lowest BCUT2D eigenvalue weighted by Gasteiger charge is -2.21. The Bertz CT molecular complexity index is 568. The maximum Gasteiger partial charge on any atom is 0.242 e. The Morgan fingerprint density at radius 2 is 1.95 bits per heavy atom. The van der Waals surface area contributed by atoms with Gasteiger partial charge in [0.15, 0.2) is 0 Å². The Morgan fingerprint density at radius 1 is 1.29 bits per heavy atom. The van der Waals surface area contributed by atoms with Crippen molar-refractivity contribution in [2.45, 2.75) is 43.7 Å². The first-order valence-corrected chi connectivity index (χ1v) is 8.94. The van der Waals surface area contributed by atoms with Crippen LogP contribution in [0.25, 0.3) is 0 Å². The van der Waals surface area contributed by atoms with E-state index in [1.165, 1.54) is 0 Å². The molecule has 1 aliphatic carbocycles. The molecule has 0 atom stereocenters. The molecule has 0 bridgehead atoms. The van der Waals surface area contributed by atoms with E-state index < -0.39 is 10.0 Å². The summed E-state index contributed by atoms with van der Waals surface area (Å²) in [6.45, 7) is 5.85. The van der Waals surface area contributed by atoms with Crippen molar-refractivity contribution in [2.24, 2.45) is 0 Å². The molecular formula is C15H25N3O2S. The first kappa shape index (κ1) is 16.3. The zero-order valence-electron chi connectivity index (χ0n) is 13.0. The fourth-order valence-corrected chi connectivity index (χ4v) is 3.45. The Kier molecular flexibility index (Phi) is 5.24. The highest BCUT2D eigenvalue weighted by Crippen LogP contribution is 2.25. The summed E-state index contributed by atoms with van der Waals surface area (Å²) in [5.41, 5.74) is 0.669. The SMILES string of the molecule is CC(C)N(C)CCNc1ccccc1S(=O)(=O)NC1CC1. The van der Waals surface area contributed by atoms with Crippen molar-refractivity contribution < 1.29 is 8.42 Å². The van der Waals surface area contributed by atoms with E-state index in [-0.39, 0.29) is 6.04 Å². The number of para-hydroxylation sites is 1. The molecule has 118 valence electrons. The molecular weight excluding hydrogens is 286 g/mol. The van der Waals surface area contributed by atoms with Crippen molar-refractivity contribution in [1.82, 2.24) is 9.62 Å². The molecule has 5 nitrogen and oxygen atoms in total. The Hall–Kier alpha value is -1.11. The Morgan fingerprint density at radius 3 is 2.57 bits per heavy atom. The fraction of sp³-hybridized carbons (Fsp3) is 0.600. The van der Waals surface area contributed by atoms with Crippen LogP contribution in [-0.4, -0.2) is 45.5 Å². The lowest BCUT2D eigenvalue weighted by atomic mass is 10.3. The predicted octanol–water partition coefficient (Wildman–Crippen LogP) is 1.88. The number of rotatable bonds is 8. The van der Waals surface area contributed by atoms with E-state index in [0.29, 0.717) is 23.2 Å². The second-order valence-corrected chi connectivity index (χ2v) is 7.58. The molecule has 0 radical (unpaired) electrons. The van der Waals surface area contributed by atoms with Crippen LogP contribution in [0.15, 0.2) is 29.2 Å². The molecule has 0 heterocycles. The third-order valence-electron chi connectivity index (χ3n) is 3.74. The van der Waals surface area contributed by atoms with Gasteiger partial charge in [-0.25, -0.2) is 13.1 Å². The molecule has 2 rings (SSSR count). The molecule has 1 aromatic rings. The van der Waals surface area contributed by atoms with Gasteiger partial charge in [-0.3, -0.25) is 0 Å². The van der Waals surface area contributed by atoms with Gasteiger partial charge in [-0.2, -0.15) is 0 Å². The number of nitrogens with zero attached hydrogens (tertiary/aromatic N) is 1. The molecule has 0 unspecified atom stereocenters. The van der Waals surface area contributed by atoms with Gasteiger partial charge in [0.1, 0.15) is 4.90 Å². The van der Waals surface area contributed by atoms with Gasteiger partial charge in [0.25, 0.3) is 0 Å². The fourth-order valence-electron chi connectivity index (χ4n) is 1.96. The minimum absolute atomic E-state index is 0.120. The van der Waals surface area contributed by atoms with Crippen molar-refractivity contribution in [3.05, 3.63) is 24.3 Å². The maximum atomic E-state index is 12.3. The molecule has 2 N–H and O–H groups in total. The van der Waals surface area contributed by atoms with Gasteiger partial charge in [-0.15, -0.1) is 0 Å². The van der Waals surface area contributed by atoms with Crippen molar-refractivity contribution in [3.8, 4) is 0 Å². The summed E-state index contributed by atoms with van der Waals surface area (Å²) in [4.78, 5) is 2.55. The van der Waals surface area contributed by atoms with Crippen molar-refractivity contribution in [1.29, 1.82) is 0 Å². The second-order valence-electron chi connectivity index (χ2n) is 5.89. The molecule has 0 aliphatic heterocycles. The van der Waals surface area contributed by atoms with E-state index in [2.05, 4.69) is 35.8 Å². The normalized spacial score (nSPS) is 15.7. The highest BCUT2D eigenvalue weighted by atomic mass is 32.2. The zero-order chi connectivity index (χ0) is 15.5. The van der Waals surface area contributed by atoms with Crippen LogP contribution >= 0.6 is 0 Å². The van der Waals surface area contributed by atoms with E-state index in [1.54, 1.807) is 12.1 Å². The average Bonchev–Trinajstić information content (AvgIpc) is 3.22. The average molecular weight is 311 g/mol. The summed E-state index contributed by atoms with van der Waals surface area (Å²) in [6, 6.07) is 7.67. The topological polar surface area (TPSA) is 61.4 Å². The molecule has 1 saturated carbocycles. The first-order chi connectivity index (χ1) is 9.90. The number of anilines is 1. The van der Waals surface area contributed by atoms with Gasteiger partial charge in [-0.1, -0.05) is 12.1 Å². The van der Waals surface area contributed by atoms with Crippen LogP contribution in [0.4, 0.5) is 5.69 Å². The Labute approximate surface area is 127 Å². The van der Waals surface area contributed by atoms with Crippen LogP contribution in [-0.2, 0) is 10.0 Å². The number of hydrogen-bond acceptors (Lipinski definition) is 4. The maximum absolute atomic E-state index is 12.3. The van der Waals surface area contributed by atoms with Crippen LogP contribution in [0.5, 0.6) is 0 Å². The number of benzene rings is 1. The number of hydrogen-bond donors (Lipinski definition) is 2. The van der Waals surface area contributed by atoms with Crippen LogP contribution in [0, 0.1) is 0 Å². The summed E-state index contributed by atoms with van der Waals surface area (Å²) in [6.07, 6.45) is 1.88. The van der Waals surface area contributed by atoms with E-state index in [4.69, 9.17) is 0 Å². The monoisotopic (exact) mass is 311 g/mol. The van der Waals surface area contributed by atoms with Crippen molar-refractivity contribution in [2.75, 3.05) is 25.5 Å². The third kappa shape index (κ3) is 4.69. The second kappa shape index (κ2) is 6.77. The van der Waals surface area contributed by atoms with Crippen LogP contribution < -0.4 is 10.0 Å². The largest absolute Gasteiger partial charge is 0.383 e. The zero-order valence-corrected chi connectivity index (χ0v) is 13.8. The van der Waals surface area contributed by atoms with Crippen LogP contribution in [0.3, 0.4) is 0 Å². The summed E-state index contributed by atoms with van der Waals surface area (Å²) in [5.74, 6) is 0. The van der Waals surface area contributed by atoms with E-state index in [1.807, 2.05) is 12.1 Å². The van der Waals surface area contributed by atoms with Gasteiger partial charge in [0.2, 0.25) is 10.0 Å². The number of likely N-dealkylation sites (N-methyl/N-ethyl adjacent to an activating group) is 1. The smallest absolute Gasteiger partial charge is 0.242 e. The van der Waals surface area contributed by atoms with Crippen LogP contribution in [0.2, 0.25) is 0 Å². The summed E-state index contributed by atoms with van der Waals surface area (Å²) in [7, 11) is -1.36. The summed E-state index contributed by atoms with van der Waals surface area (Å²) >= 11 is 0. The minimum Gasteiger partial charge on any atom is -0.383 e. The molecule has 1 fully saturated rings. The molecule has 1 aliphatic rings. The minimum atomic E-state index is -3.42. The lowest BCUT2D eigenvalue weighted by molar-refractivity contribution is 0.284. The van der Waals surface area contributed by atoms with Gasteiger partial charge in [0, 0.05) is 25.2 Å². The van der Waals surface area contributed by atoms with E-state index >= 15 is 0 Å². The summed E-state index contributed by atoms with van der Waals surface area (Å²) in [5, 5.41) is 3.24. The van der Waals surface area contributed by atoms with Gasteiger partial charge < -0.3 is 10.2 Å². The van der Waals surface area contributed by atoms with Crippen molar-refractivity contribution >= 4 is 15.7 Å². The first-order valence-electron chi connectivity index (χ1n) is 7.45. The molecule has 0 spiro atoms. The highest BCUT2D eigenvalue weighted by molar-refractivity contribution is 7.89. The van der Waals surface area contributed by atoms with Crippen LogP contribution in [0.1, 0.15) is 26.7 Å². The highest BCUT2D eigenvalue weighted by Gasteiger charge is 2.29. The predicted molar refractivity (Wildman–Crippen MR) is 86.0 cm³/mol. The number of nitrogens with one attached hydrogen (secondary N) is 2. The molecule has 1 aromatic carbocycles. The molecule has 0 saturated heterocycles. The quantitative estimate of drug-likeness (QED) is 0.769. The molecule has 21 heavy (non-hydrogen) atoms. The van der Waals surface area contributed by atoms with E-state index in [9.17, 15) is 8.42 Å². The molecule has 0 amide bonds. The standard InChI is InChI=1S/C15H25N3O2S/c1-12(2)18(3)11-10-16-14-6-4-5-7-15(14)21(19,20)17-13-8-9-13/h4-7,12-13,16-17H,8-11H2,1-3H3. The van der Waals surface area contributed by atoms with Crippen molar-refractivity contribution in [3.63, 3.8) is 0 Å². The number of sulfonamides is 1. The third-order valence-corrected chi connectivity index (χ3v) is 5.32.